The highest BCUT2D eigenvalue weighted by Crippen LogP contribution is 2.20. The number of amides is 1. The number of ether oxygens (including phenoxy) is 1. The van der Waals surface area contributed by atoms with Crippen molar-refractivity contribution in [1.82, 2.24) is 15.5 Å². The van der Waals surface area contributed by atoms with Crippen LogP contribution in [-0.4, -0.2) is 28.5 Å². The summed E-state index contributed by atoms with van der Waals surface area (Å²) in [6.07, 6.45) is 1.26. The molecule has 0 aliphatic carbocycles. The number of rotatable bonds is 7. The minimum Gasteiger partial charge on any atom is -0.485 e. The third-order valence-electron chi connectivity index (χ3n) is 3.98. The number of carbonyl (C=O) groups is 2. The third-order valence-corrected chi connectivity index (χ3v) is 3.98. The number of nitrogens with one attached hydrogen (secondary N) is 1. The Morgan fingerprint density at radius 1 is 1.11 bits per heavy atom. The fraction of sp³-hybridized carbons (Fsp3) is 0.200. The molecule has 27 heavy (non-hydrogen) atoms. The average molecular weight is 365 g/mol. The molecule has 2 aromatic carbocycles. The molecule has 0 aliphatic heterocycles. The SMILES string of the molecule is CC(=O)NC(C)c1ccc(C(=O)COc2ccc(-c3nnco3)cc2)cc1. The lowest BCUT2D eigenvalue weighted by Crippen LogP contribution is -2.23. The van der Waals surface area contributed by atoms with E-state index in [0.717, 1.165) is 11.1 Å². The Bertz CT molecular complexity index is 903. The van der Waals surface area contributed by atoms with Gasteiger partial charge in [0.2, 0.25) is 18.2 Å². The first-order valence-corrected chi connectivity index (χ1v) is 8.42. The van der Waals surface area contributed by atoms with Crippen molar-refractivity contribution in [1.29, 1.82) is 0 Å². The van der Waals surface area contributed by atoms with E-state index >= 15 is 0 Å². The number of aromatic nitrogens is 2. The topological polar surface area (TPSA) is 94.3 Å². The van der Waals surface area contributed by atoms with Gasteiger partial charge in [-0.15, -0.1) is 10.2 Å². The van der Waals surface area contributed by atoms with E-state index in [9.17, 15) is 9.59 Å². The molecule has 0 aliphatic rings. The van der Waals surface area contributed by atoms with Gasteiger partial charge in [-0.25, -0.2) is 0 Å². The molecule has 1 N–H and O–H groups in total. The predicted octanol–water partition coefficient (Wildman–Crippen LogP) is 3.20. The van der Waals surface area contributed by atoms with Gasteiger partial charge in [-0.1, -0.05) is 24.3 Å². The van der Waals surface area contributed by atoms with E-state index in [1.165, 1.54) is 13.3 Å². The monoisotopic (exact) mass is 365 g/mol. The summed E-state index contributed by atoms with van der Waals surface area (Å²) < 4.78 is 10.7. The normalized spacial score (nSPS) is 11.6. The Kier molecular flexibility index (Phi) is 5.61. The molecule has 138 valence electrons. The van der Waals surface area contributed by atoms with Gasteiger partial charge in [-0.2, -0.15) is 0 Å². The minimum atomic E-state index is -0.130. The van der Waals surface area contributed by atoms with Gasteiger partial charge >= 0.3 is 0 Å². The quantitative estimate of drug-likeness (QED) is 0.646. The number of nitrogens with zero attached hydrogens (tertiary/aromatic N) is 2. The van der Waals surface area contributed by atoms with E-state index in [1.807, 2.05) is 19.1 Å². The van der Waals surface area contributed by atoms with Gasteiger partial charge < -0.3 is 14.5 Å². The molecule has 0 spiro atoms. The van der Waals surface area contributed by atoms with Gasteiger partial charge in [0.25, 0.3) is 0 Å². The number of hydrogen-bond acceptors (Lipinski definition) is 6. The zero-order valence-corrected chi connectivity index (χ0v) is 15.0. The van der Waals surface area contributed by atoms with Crippen molar-refractivity contribution in [3.05, 3.63) is 66.1 Å². The Morgan fingerprint density at radius 2 is 1.81 bits per heavy atom. The van der Waals surface area contributed by atoms with Gasteiger partial charge in [-0.3, -0.25) is 9.59 Å². The Morgan fingerprint density at radius 3 is 2.41 bits per heavy atom. The van der Waals surface area contributed by atoms with E-state index < -0.39 is 0 Å². The summed E-state index contributed by atoms with van der Waals surface area (Å²) in [5.41, 5.74) is 2.26. The largest absolute Gasteiger partial charge is 0.485 e. The van der Waals surface area contributed by atoms with Gasteiger partial charge in [0.15, 0.2) is 12.4 Å². The van der Waals surface area contributed by atoms with Crippen LogP contribution in [0.15, 0.2) is 59.3 Å². The van der Waals surface area contributed by atoms with Gasteiger partial charge in [0.1, 0.15) is 5.75 Å². The van der Waals surface area contributed by atoms with Gasteiger partial charge in [0.05, 0.1) is 6.04 Å². The predicted molar refractivity (Wildman–Crippen MR) is 98.2 cm³/mol. The summed E-state index contributed by atoms with van der Waals surface area (Å²) in [5.74, 6) is 0.768. The van der Waals surface area contributed by atoms with Crippen molar-refractivity contribution in [2.24, 2.45) is 0 Å². The van der Waals surface area contributed by atoms with Crippen LogP contribution in [0, 0.1) is 0 Å². The number of ketones is 1. The molecule has 0 saturated carbocycles. The lowest BCUT2D eigenvalue weighted by Gasteiger charge is -2.13. The van der Waals surface area contributed by atoms with Crippen LogP contribution in [0.25, 0.3) is 11.5 Å². The summed E-state index contributed by atoms with van der Waals surface area (Å²) in [7, 11) is 0. The molecule has 3 aromatic rings. The molecule has 1 heterocycles. The lowest BCUT2D eigenvalue weighted by atomic mass is 10.0. The molecule has 0 bridgehead atoms. The smallest absolute Gasteiger partial charge is 0.247 e. The lowest BCUT2D eigenvalue weighted by molar-refractivity contribution is -0.119. The molecule has 0 saturated heterocycles. The van der Waals surface area contributed by atoms with Crippen molar-refractivity contribution in [3.8, 4) is 17.2 Å². The third kappa shape index (κ3) is 4.78. The average Bonchev–Trinajstić information content (AvgIpc) is 3.21. The zero-order valence-electron chi connectivity index (χ0n) is 15.0. The number of Topliss-reactive ketones (excluding diaryl/α,β-unsaturated/α-hetero) is 1. The Hall–Kier alpha value is -3.48. The van der Waals surface area contributed by atoms with Crippen molar-refractivity contribution in [2.45, 2.75) is 19.9 Å². The first-order valence-electron chi connectivity index (χ1n) is 8.42. The molecule has 1 amide bonds. The maximum Gasteiger partial charge on any atom is 0.247 e. The maximum absolute atomic E-state index is 12.3. The van der Waals surface area contributed by atoms with Crippen LogP contribution in [0.1, 0.15) is 35.8 Å². The summed E-state index contributed by atoms with van der Waals surface area (Å²) in [5, 5.41) is 10.3. The van der Waals surface area contributed by atoms with Crippen LogP contribution in [-0.2, 0) is 4.79 Å². The Balaban J connectivity index is 1.56. The maximum atomic E-state index is 12.3. The first-order chi connectivity index (χ1) is 13.0. The van der Waals surface area contributed by atoms with E-state index in [4.69, 9.17) is 9.15 Å². The highest BCUT2D eigenvalue weighted by atomic mass is 16.5. The van der Waals surface area contributed by atoms with Crippen LogP contribution in [0.4, 0.5) is 0 Å². The number of benzene rings is 2. The molecule has 1 aromatic heterocycles. The molecule has 7 heteroatoms. The summed E-state index contributed by atoms with van der Waals surface area (Å²) in [4.78, 5) is 23.4. The fourth-order valence-corrected chi connectivity index (χ4v) is 2.57. The second kappa shape index (κ2) is 8.27. The van der Waals surface area contributed by atoms with Crippen LogP contribution in [0.3, 0.4) is 0 Å². The zero-order chi connectivity index (χ0) is 19.2. The number of carbonyl (C=O) groups excluding carboxylic acids is 2. The van der Waals surface area contributed by atoms with E-state index in [0.29, 0.717) is 17.2 Å². The standard InChI is InChI=1S/C20H19N3O4/c1-13(22-14(2)24)15-3-5-16(6-4-15)19(25)11-26-18-9-7-17(8-10-18)20-23-21-12-27-20/h3-10,12-13H,11H2,1-2H3,(H,22,24). The van der Waals surface area contributed by atoms with E-state index in [1.54, 1.807) is 36.4 Å². The highest BCUT2D eigenvalue weighted by Gasteiger charge is 2.10. The van der Waals surface area contributed by atoms with E-state index in [-0.39, 0.29) is 24.3 Å². The molecule has 7 nitrogen and oxygen atoms in total. The number of hydrogen-bond donors (Lipinski definition) is 1. The fourth-order valence-electron chi connectivity index (χ4n) is 2.57. The molecule has 0 fully saturated rings. The first kappa shape index (κ1) is 18.3. The van der Waals surface area contributed by atoms with Crippen LogP contribution >= 0.6 is 0 Å². The minimum absolute atomic E-state index is 0.0689. The summed E-state index contributed by atoms with van der Waals surface area (Å²) in [6, 6.07) is 14.1. The molecule has 1 atom stereocenters. The van der Waals surface area contributed by atoms with Crippen LogP contribution in [0.2, 0.25) is 0 Å². The summed E-state index contributed by atoms with van der Waals surface area (Å²) >= 11 is 0. The molecule has 0 radical (unpaired) electrons. The second-order valence-corrected chi connectivity index (χ2v) is 6.02. The van der Waals surface area contributed by atoms with Gasteiger partial charge in [-0.05, 0) is 36.8 Å². The van der Waals surface area contributed by atoms with Crippen LogP contribution < -0.4 is 10.1 Å². The second-order valence-electron chi connectivity index (χ2n) is 6.02. The Labute approximate surface area is 156 Å². The molecular weight excluding hydrogens is 346 g/mol. The van der Waals surface area contributed by atoms with Gasteiger partial charge in [0, 0.05) is 18.1 Å². The summed E-state index contributed by atoms with van der Waals surface area (Å²) in [6.45, 7) is 3.29. The van der Waals surface area contributed by atoms with Crippen molar-refractivity contribution in [2.75, 3.05) is 6.61 Å². The van der Waals surface area contributed by atoms with Crippen molar-refractivity contribution < 1.29 is 18.7 Å². The molecule has 3 rings (SSSR count). The van der Waals surface area contributed by atoms with E-state index in [2.05, 4.69) is 15.5 Å². The molecule has 1 unspecified atom stereocenters. The molecular formula is C20H19N3O4. The van der Waals surface area contributed by atoms with Crippen molar-refractivity contribution >= 4 is 11.7 Å². The highest BCUT2D eigenvalue weighted by molar-refractivity contribution is 5.97. The van der Waals surface area contributed by atoms with Crippen molar-refractivity contribution in [3.63, 3.8) is 0 Å². The van der Waals surface area contributed by atoms with Crippen LogP contribution in [0.5, 0.6) is 5.75 Å².